The molecule has 1 aromatic rings. The first kappa shape index (κ1) is 13.8. The lowest BCUT2D eigenvalue weighted by atomic mass is 9.93. The highest BCUT2D eigenvalue weighted by molar-refractivity contribution is 5.92. The number of anilines is 1. The van der Waals surface area contributed by atoms with Crippen LogP contribution >= 0.6 is 0 Å². The minimum atomic E-state index is -0.00773. The van der Waals surface area contributed by atoms with E-state index in [1.165, 1.54) is 0 Å². The van der Waals surface area contributed by atoms with E-state index in [0.29, 0.717) is 17.4 Å². The molecule has 104 valence electrons. The van der Waals surface area contributed by atoms with Crippen molar-refractivity contribution in [2.45, 2.75) is 39.7 Å². The van der Waals surface area contributed by atoms with Gasteiger partial charge in [0.1, 0.15) is 11.5 Å². The Morgan fingerprint density at radius 3 is 2.95 bits per heavy atom. The number of carbonyl (C=O) groups is 1. The van der Waals surface area contributed by atoms with Crippen LogP contribution < -0.4 is 5.32 Å². The highest BCUT2D eigenvalue weighted by atomic mass is 16.2. The summed E-state index contributed by atoms with van der Waals surface area (Å²) >= 11 is 0. The average molecular weight is 262 g/mol. The van der Waals surface area contributed by atoms with Gasteiger partial charge in [-0.25, -0.2) is 4.98 Å². The van der Waals surface area contributed by atoms with E-state index in [9.17, 15) is 4.79 Å². The molecule has 1 aliphatic heterocycles. The molecule has 1 aromatic heterocycles. The van der Waals surface area contributed by atoms with Crippen molar-refractivity contribution in [3.05, 3.63) is 18.1 Å². The van der Waals surface area contributed by atoms with Crippen LogP contribution in [0.2, 0.25) is 0 Å². The van der Waals surface area contributed by atoms with Crippen LogP contribution in [0.4, 0.5) is 5.82 Å². The van der Waals surface area contributed by atoms with Crippen LogP contribution in [0.5, 0.6) is 0 Å². The molecule has 2 unspecified atom stereocenters. The van der Waals surface area contributed by atoms with Gasteiger partial charge >= 0.3 is 0 Å². The highest BCUT2D eigenvalue weighted by Crippen LogP contribution is 2.23. The number of piperidine rings is 1. The molecule has 0 spiro atoms. The van der Waals surface area contributed by atoms with Gasteiger partial charge in [0.25, 0.3) is 5.91 Å². The van der Waals surface area contributed by atoms with Gasteiger partial charge in [0.05, 0.1) is 12.4 Å². The van der Waals surface area contributed by atoms with Crippen LogP contribution in [0.3, 0.4) is 0 Å². The number of rotatable bonds is 3. The molecule has 5 nitrogen and oxygen atoms in total. The molecule has 2 atom stereocenters. The Bertz CT molecular complexity index is 449. The van der Waals surface area contributed by atoms with E-state index in [0.717, 1.165) is 25.9 Å². The number of nitrogens with one attached hydrogen (secondary N) is 1. The van der Waals surface area contributed by atoms with E-state index < -0.39 is 0 Å². The molecule has 1 saturated heterocycles. The molecule has 0 aliphatic carbocycles. The summed E-state index contributed by atoms with van der Waals surface area (Å²) in [5.41, 5.74) is 0.430. The molecule has 2 heterocycles. The second-order valence-electron chi connectivity index (χ2n) is 5.30. The molecule has 19 heavy (non-hydrogen) atoms. The topological polar surface area (TPSA) is 58.1 Å². The Hall–Kier alpha value is -1.65. The van der Waals surface area contributed by atoms with E-state index in [4.69, 9.17) is 0 Å². The van der Waals surface area contributed by atoms with Gasteiger partial charge < -0.3 is 10.2 Å². The Morgan fingerprint density at radius 2 is 2.26 bits per heavy atom. The van der Waals surface area contributed by atoms with Crippen molar-refractivity contribution in [2.75, 3.05) is 18.4 Å². The van der Waals surface area contributed by atoms with Crippen LogP contribution in [0, 0.1) is 5.92 Å². The summed E-state index contributed by atoms with van der Waals surface area (Å²) < 4.78 is 0. The van der Waals surface area contributed by atoms with Crippen molar-refractivity contribution < 1.29 is 4.79 Å². The SMILES string of the molecule is CCNc1cncc(C(=O)N2CCC(C)CC2C)n1. The first-order valence-electron chi connectivity index (χ1n) is 6.98. The standard InChI is InChI=1S/C14H22N4O/c1-4-16-13-9-15-8-12(17-13)14(19)18-6-5-10(2)7-11(18)3/h8-11H,4-7H2,1-3H3,(H,16,17). The van der Waals surface area contributed by atoms with Gasteiger partial charge in [0.15, 0.2) is 0 Å². The first-order valence-corrected chi connectivity index (χ1v) is 6.98. The molecule has 1 aliphatic rings. The molecule has 1 N–H and O–H groups in total. The molecular formula is C14H22N4O. The molecule has 0 aromatic carbocycles. The fourth-order valence-corrected chi connectivity index (χ4v) is 2.59. The fraction of sp³-hybridized carbons (Fsp3) is 0.643. The summed E-state index contributed by atoms with van der Waals surface area (Å²) in [4.78, 5) is 22.8. The van der Waals surface area contributed by atoms with Crippen LogP contribution in [-0.2, 0) is 0 Å². The van der Waals surface area contributed by atoms with Crippen molar-refractivity contribution in [1.29, 1.82) is 0 Å². The maximum absolute atomic E-state index is 12.5. The number of hydrogen-bond acceptors (Lipinski definition) is 4. The number of carbonyl (C=O) groups excluding carboxylic acids is 1. The van der Waals surface area contributed by atoms with E-state index in [1.54, 1.807) is 12.4 Å². The van der Waals surface area contributed by atoms with Gasteiger partial charge in [-0.1, -0.05) is 6.92 Å². The van der Waals surface area contributed by atoms with Gasteiger partial charge in [0.2, 0.25) is 0 Å². The second kappa shape index (κ2) is 5.99. The van der Waals surface area contributed by atoms with Crippen LogP contribution in [0.1, 0.15) is 44.1 Å². The Balaban J connectivity index is 2.12. The van der Waals surface area contributed by atoms with E-state index in [2.05, 4.69) is 29.1 Å². The van der Waals surface area contributed by atoms with E-state index in [1.807, 2.05) is 11.8 Å². The summed E-state index contributed by atoms with van der Waals surface area (Å²) in [6, 6.07) is 0.279. The quantitative estimate of drug-likeness (QED) is 0.907. The largest absolute Gasteiger partial charge is 0.369 e. The minimum Gasteiger partial charge on any atom is -0.369 e. The Labute approximate surface area is 114 Å². The molecular weight excluding hydrogens is 240 g/mol. The number of amides is 1. The van der Waals surface area contributed by atoms with Gasteiger partial charge in [-0.05, 0) is 32.6 Å². The molecule has 1 amide bonds. The maximum atomic E-state index is 12.5. The lowest BCUT2D eigenvalue weighted by molar-refractivity contribution is 0.0582. The van der Waals surface area contributed by atoms with Gasteiger partial charge in [-0.15, -0.1) is 0 Å². The fourth-order valence-electron chi connectivity index (χ4n) is 2.59. The second-order valence-corrected chi connectivity index (χ2v) is 5.30. The average Bonchev–Trinajstić information content (AvgIpc) is 2.39. The smallest absolute Gasteiger partial charge is 0.274 e. The summed E-state index contributed by atoms with van der Waals surface area (Å²) in [5.74, 6) is 1.34. The Kier molecular flexibility index (Phi) is 4.35. The normalized spacial score (nSPS) is 23.2. The van der Waals surface area contributed by atoms with Crippen molar-refractivity contribution in [3.8, 4) is 0 Å². The third-order valence-corrected chi connectivity index (χ3v) is 3.61. The minimum absolute atomic E-state index is 0.00773. The van der Waals surface area contributed by atoms with Gasteiger partial charge in [-0.2, -0.15) is 0 Å². The van der Waals surface area contributed by atoms with Gasteiger partial charge in [-0.3, -0.25) is 9.78 Å². The zero-order valence-corrected chi connectivity index (χ0v) is 11.9. The molecule has 0 bridgehead atoms. The van der Waals surface area contributed by atoms with E-state index in [-0.39, 0.29) is 11.9 Å². The summed E-state index contributed by atoms with van der Waals surface area (Å²) in [6.45, 7) is 7.92. The molecule has 2 rings (SSSR count). The zero-order valence-electron chi connectivity index (χ0n) is 11.9. The van der Waals surface area contributed by atoms with Crippen molar-refractivity contribution >= 4 is 11.7 Å². The van der Waals surface area contributed by atoms with Crippen molar-refractivity contribution in [2.24, 2.45) is 5.92 Å². The first-order chi connectivity index (χ1) is 9.11. The number of aromatic nitrogens is 2. The molecule has 0 saturated carbocycles. The van der Waals surface area contributed by atoms with Crippen LogP contribution in [-0.4, -0.2) is 39.9 Å². The van der Waals surface area contributed by atoms with Crippen molar-refractivity contribution in [1.82, 2.24) is 14.9 Å². The summed E-state index contributed by atoms with van der Waals surface area (Å²) in [7, 11) is 0. The van der Waals surface area contributed by atoms with Crippen molar-refractivity contribution in [3.63, 3.8) is 0 Å². The maximum Gasteiger partial charge on any atom is 0.274 e. The predicted molar refractivity (Wildman–Crippen MR) is 75.1 cm³/mol. The predicted octanol–water partition coefficient (Wildman–Crippen LogP) is 2.17. The molecule has 5 heteroatoms. The third kappa shape index (κ3) is 3.22. The third-order valence-electron chi connectivity index (χ3n) is 3.61. The van der Waals surface area contributed by atoms with E-state index >= 15 is 0 Å². The number of likely N-dealkylation sites (tertiary alicyclic amines) is 1. The zero-order chi connectivity index (χ0) is 13.8. The lowest BCUT2D eigenvalue weighted by Gasteiger charge is -2.36. The number of hydrogen-bond donors (Lipinski definition) is 1. The van der Waals surface area contributed by atoms with Crippen LogP contribution in [0.15, 0.2) is 12.4 Å². The van der Waals surface area contributed by atoms with Gasteiger partial charge in [0, 0.05) is 19.1 Å². The lowest BCUT2D eigenvalue weighted by Crippen LogP contribution is -2.44. The summed E-state index contributed by atoms with van der Waals surface area (Å²) in [5, 5.41) is 3.08. The number of nitrogens with zero attached hydrogens (tertiary/aromatic N) is 3. The Morgan fingerprint density at radius 1 is 1.47 bits per heavy atom. The monoisotopic (exact) mass is 262 g/mol. The highest BCUT2D eigenvalue weighted by Gasteiger charge is 2.28. The van der Waals surface area contributed by atoms with Crippen LogP contribution in [0.25, 0.3) is 0 Å². The molecule has 1 fully saturated rings. The summed E-state index contributed by atoms with van der Waals surface area (Å²) in [6.07, 6.45) is 5.32. The molecule has 0 radical (unpaired) electrons.